The van der Waals surface area contributed by atoms with Gasteiger partial charge in [-0.2, -0.15) is 13.2 Å². The maximum Gasteiger partial charge on any atom is 0.416 e. The summed E-state index contributed by atoms with van der Waals surface area (Å²) >= 11 is 11.6. The number of halogens is 7. The fourth-order valence-electron chi connectivity index (χ4n) is 1.87. The van der Waals surface area contributed by atoms with E-state index in [-0.39, 0.29) is 16.1 Å². The van der Waals surface area contributed by atoms with E-state index in [1.807, 2.05) is 0 Å². The highest BCUT2D eigenvalue weighted by atomic mass is 35.5. The summed E-state index contributed by atoms with van der Waals surface area (Å²) in [6.45, 7) is 0. The van der Waals surface area contributed by atoms with Crippen LogP contribution in [-0.2, 0) is 6.18 Å². The molecule has 0 aliphatic carbocycles. The van der Waals surface area contributed by atoms with Crippen molar-refractivity contribution < 1.29 is 22.0 Å². The molecule has 2 aromatic carbocycles. The molecule has 0 saturated carbocycles. The standard InChI is InChI=1S/C14H7Cl2F5/c15-8-2-4-10(12(16)6-8)9-3-1-7(14(19,20)21)5-11(9)13(17)18/h1-6,13H. The Kier molecular flexibility index (Phi) is 4.44. The van der Waals surface area contributed by atoms with Crippen molar-refractivity contribution in [1.82, 2.24) is 0 Å². The normalized spacial score (nSPS) is 12.0. The maximum absolute atomic E-state index is 13.1. The van der Waals surface area contributed by atoms with E-state index in [1.165, 1.54) is 18.2 Å². The van der Waals surface area contributed by atoms with Crippen LogP contribution < -0.4 is 0 Å². The van der Waals surface area contributed by atoms with Crippen LogP contribution in [0.25, 0.3) is 11.1 Å². The highest BCUT2D eigenvalue weighted by Gasteiger charge is 2.32. The van der Waals surface area contributed by atoms with Gasteiger partial charge in [0.15, 0.2) is 0 Å². The molecule has 0 bridgehead atoms. The topological polar surface area (TPSA) is 0 Å². The van der Waals surface area contributed by atoms with Gasteiger partial charge in [-0.25, -0.2) is 8.78 Å². The number of hydrogen-bond donors (Lipinski definition) is 0. The molecule has 0 spiro atoms. The van der Waals surface area contributed by atoms with E-state index in [9.17, 15) is 22.0 Å². The second-order valence-corrected chi connectivity index (χ2v) is 5.07. The first kappa shape index (κ1) is 16.0. The fraction of sp³-hybridized carbons (Fsp3) is 0.143. The van der Waals surface area contributed by atoms with Crippen molar-refractivity contribution in [3.8, 4) is 11.1 Å². The first-order chi connectivity index (χ1) is 9.70. The molecule has 0 aromatic heterocycles. The van der Waals surface area contributed by atoms with Crippen molar-refractivity contribution in [3.05, 3.63) is 57.6 Å². The van der Waals surface area contributed by atoms with Crippen molar-refractivity contribution in [2.75, 3.05) is 0 Å². The average Bonchev–Trinajstić information content (AvgIpc) is 2.37. The van der Waals surface area contributed by atoms with Crippen LogP contribution in [0.5, 0.6) is 0 Å². The Balaban J connectivity index is 2.63. The van der Waals surface area contributed by atoms with Gasteiger partial charge in [-0.3, -0.25) is 0 Å². The number of benzene rings is 2. The van der Waals surface area contributed by atoms with Crippen LogP contribution in [0.1, 0.15) is 17.6 Å². The van der Waals surface area contributed by atoms with Gasteiger partial charge >= 0.3 is 6.18 Å². The summed E-state index contributed by atoms with van der Waals surface area (Å²) < 4.78 is 63.9. The average molecular weight is 341 g/mol. The zero-order valence-electron chi connectivity index (χ0n) is 10.2. The lowest BCUT2D eigenvalue weighted by Crippen LogP contribution is -2.06. The van der Waals surface area contributed by atoms with Gasteiger partial charge in [0, 0.05) is 21.2 Å². The Morgan fingerprint density at radius 3 is 2.00 bits per heavy atom. The van der Waals surface area contributed by atoms with Gasteiger partial charge in [0.2, 0.25) is 0 Å². The molecule has 7 heteroatoms. The molecule has 0 heterocycles. The van der Waals surface area contributed by atoms with Crippen LogP contribution in [0.15, 0.2) is 36.4 Å². The van der Waals surface area contributed by atoms with Crippen LogP contribution in [0, 0.1) is 0 Å². The largest absolute Gasteiger partial charge is 0.416 e. The minimum Gasteiger partial charge on any atom is -0.205 e. The van der Waals surface area contributed by atoms with Crippen LogP contribution in [0.2, 0.25) is 10.0 Å². The molecule has 0 fully saturated rings. The van der Waals surface area contributed by atoms with E-state index < -0.39 is 23.7 Å². The quantitative estimate of drug-likeness (QED) is 0.539. The van der Waals surface area contributed by atoms with E-state index in [1.54, 1.807) is 0 Å². The van der Waals surface area contributed by atoms with E-state index >= 15 is 0 Å². The van der Waals surface area contributed by atoms with Crippen LogP contribution in [-0.4, -0.2) is 0 Å². The predicted octanol–water partition coefficient (Wildman–Crippen LogP) is 6.62. The van der Waals surface area contributed by atoms with Gasteiger partial charge in [0.05, 0.1) is 5.56 Å². The van der Waals surface area contributed by atoms with Crippen LogP contribution >= 0.6 is 23.2 Å². The third-order valence-corrected chi connectivity index (χ3v) is 3.38. The number of alkyl halides is 5. The van der Waals surface area contributed by atoms with Gasteiger partial charge < -0.3 is 0 Å². The van der Waals surface area contributed by atoms with Crippen molar-refractivity contribution in [2.24, 2.45) is 0 Å². The molecule has 0 radical (unpaired) electrons. The lowest BCUT2D eigenvalue weighted by molar-refractivity contribution is -0.137. The summed E-state index contributed by atoms with van der Waals surface area (Å²) in [5.74, 6) is 0. The lowest BCUT2D eigenvalue weighted by Gasteiger charge is -2.14. The summed E-state index contributed by atoms with van der Waals surface area (Å²) in [4.78, 5) is 0. The molecule has 0 aliphatic heterocycles. The van der Waals surface area contributed by atoms with E-state index in [0.717, 1.165) is 12.1 Å². The SMILES string of the molecule is FC(F)c1cc(C(F)(F)F)ccc1-c1ccc(Cl)cc1Cl. The third-order valence-electron chi connectivity index (χ3n) is 2.84. The molecule has 2 aromatic rings. The van der Waals surface area contributed by atoms with Crippen molar-refractivity contribution >= 4 is 23.2 Å². The second kappa shape index (κ2) is 5.81. The van der Waals surface area contributed by atoms with Crippen molar-refractivity contribution in [1.29, 1.82) is 0 Å². The van der Waals surface area contributed by atoms with Gasteiger partial charge in [0.1, 0.15) is 0 Å². The molecule has 0 amide bonds. The molecule has 0 nitrogen and oxygen atoms in total. The predicted molar refractivity (Wildman–Crippen MR) is 71.9 cm³/mol. The van der Waals surface area contributed by atoms with Gasteiger partial charge in [-0.1, -0.05) is 35.3 Å². The minimum atomic E-state index is -4.69. The maximum atomic E-state index is 13.1. The Morgan fingerprint density at radius 2 is 1.48 bits per heavy atom. The Labute approximate surface area is 127 Å². The monoisotopic (exact) mass is 340 g/mol. The Bertz CT molecular complexity index is 665. The summed E-state index contributed by atoms with van der Waals surface area (Å²) in [5, 5.41) is 0.387. The zero-order chi connectivity index (χ0) is 15.8. The molecule has 112 valence electrons. The van der Waals surface area contributed by atoms with Crippen molar-refractivity contribution in [3.63, 3.8) is 0 Å². The summed E-state index contributed by atoms with van der Waals surface area (Å²) in [6.07, 6.45) is -7.75. The lowest BCUT2D eigenvalue weighted by atomic mass is 9.97. The minimum absolute atomic E-state index is 0.0559. The third kappa shape index (κ3) is 3.47. The second-order valence-electron chi connectivity index (χ2n) is 4.22. The Morgan fingerprint density at radius 1 is 0.857 bits per heavy atom. The summed E-state index contributed by atoms with van der Waals surface area (Å²) in [5.41, 5.74) is -1.72. The van der Waals surface area contributed by atoms with Gasteiger partial charge in [0.25, 0.3) is 6.43 Å². The van der Waals surface area contributed by atoms with Crippen molar-refractivity contribution in [2.45, 2.75) is 12.6 Å². The van der Waals surface area contributed by atoms with Gasteiger partial charge in [-0.15, -0.1) is 0 Å². The van der Waals surface area contributed by atoms with Gasteiger partial charge in [-0.05, 0) is 29.8 Å². The molecule has 0 unspecified atom stereocenters. The highest BCUT2D eigenvalue weighted by Crippen LogP contribution is 2.39. The molecule has 0 atom stereocenters. The molecule has 0 N–H and O–H groups in total. The Hall–Kier alpha value is -1.33. The van der Waals surface area contributed by atoms with Crippen LogP contribution in [0.4, 0.5) is 22.0 Å². The van der Waals surface area contributed by atoms with E-state index in [0.29, 0.717) is 11.1 Å². The van der Waals surface area contributed by atoms with E-state index in [2.05, 4.69) is 0 Å². The number of hydrogen-bond acceptors (Lipinski definition) is 0. The molecule has 21 heavy (non-hydrogen) atoms. The molecule has 0 saturated heterocycles. The first-order valence-corrected chi connectivity index (χ1v) is 6.40. The summed E-state index contributed by atoms with van der Waals surface area (Å²) in [6, 6.07) is 6.32. The molecule has 0 aliphatic rings. The summed E-state index contributed by atoms with van der Waals surface area (Å²) in [7, 11) is 0. The molecule has 2 rings (SSSR count). The fourth-order valence-corrected chi connectivity index (χ4v) is 2.38. The highest BCUT2D eigenvalue weighted by molar-refractivity contribution is 6.36. The molecular formula is C14H7Cl2F5. The smallest absolute Gasteiger partial charge is 0.205 e. The van der Waals surface area contributed by atoms with Crippen LogP contribution in [0.3, 0.4) is 0 Å². The molecular weight excluding hydrogens is 334 g/mol. The first-order valence-electron chi connectivity index (χ1n) is 5.65. The van der Waals surface area contributed by atoms with E-state index in [4.69, 9.17) is 23.2 Å². The zero-order valence-corrected chi connectivity index (χ0v) is 11.7. The number of rotatable bonds is 2.